The second kappa shape index (κ2) is 8.35. The maximum atomic E-state index is 13.1. The third-order valence-electron chi connectivity index (χ3n) is 5.46. The first-order chi connectivity index (χ1) is 13.7. The zero-order chi connectivity index (χ0) is 19.3. The summed E-state index contributed by atoms with van der Waals surface area (Å²) in [5.74, 6) is 0.219. The van der Waals surface area contributed by atoms with Crippen molar-refractivity contribution in [3.05, 3.63) is 78.4 Å². The fourth-order valence-electron chi connectivity index (χ4n) is 3.87. The lowest BCUT2D eigenvalue weighted by atomic mass is 9.87. The molecule has 0 spiro atoms. The Bertz CT molecular complexity index is 903. The third-order valence-corrected chi connectivity index (χ3v) is 5.46. The molecule has 1 N–H and O–H groups in total. The lowest BCUT2D eigenvalue weighted by Crippen LogP contribution is -2.42. The van der Waals surface area contributed by atoms with Gasteiger partial charge in [-0.2, -0.15) is 5.10 Å². The Hall–Kier alpha value is -2.99. The van der Waals surface area contributed by atoms with E-state index in [0.717, 1.165) is 24.1 Å². The van der Waals surface area contributed by atoms with Crippen LogP contribution in [0.1, 0.15) is 28.8 Å². The van der Waals surface area contributed by atoms with E-state index in [1.165, 1.54) is 6.33 Å². The van der Waals surface area contributed by atoms with E-state index in [2.05, 4.69) is 10.1 Å². The Kier molecular flexibility index (Phi) is 5.48. The Morgan fingerprint density at radius 3 is 2.50 bits per heavy atom. The van der Waals surface area contributed by atoms with Crippen LogP contribution in [0.25, 0.3) is 5.69 Å². The van der Waals surface area contributed by atoms with Crippen molar-refractivity contribution in [3.63, 3.8) is 0 Å². The molecular formula is C22H24N4O2. The maximum absolute atomic E-state index is 13.1. The molecule has 6 nitrogen and oxygen atoms in total. The number of aliphatic hydroxyl groups is 1. The van der Waals surface area contributed by atoms with Crippen molar-refractivity contribution in [2.45, 2.75) is 25.4 Å². The molecule has 2 aromatic carbocycles. The fraction of sp³-hybridized carbons (Fsp3) is 0.318. The van der Waals surface area contributed by atoms with Crippen LogP contribution < -0.4 is 0 Å². The van der Waals surface area contributed by atoms with Crippen molar-refractivity contribution in [2.75, 3.05) is 13.1 Å². The van der Waals surface area contributed by atoms with E-state index in [1.54, 1.807) is 11.0 Å². The number of amides is 1. The van der Waals surface area contributed by atoms with Gasteiger partial charge in [-0.1, -0.05) is 42.5 Å². The van der Waals surface area contributed by atoms with Gasteiger partial charge >= 0.3 is 0 Å². The maximum Gasteiger partial charge on any atom is 0.256 e. The largest absolute Gasteiger partial charge is 0.392 e. The number of aliphatic hydroxyl groups excluding tert-OH is 1. The van der Waals surface area contributed by atoms with Gasteiger partial charge in [-0.15, -0.1) is 0 Å². The van der Waals surface area contributed by atoms with Gasteiger partial charge in [0.15, 0.2) is 0 Å². The van der Waals surface area contributed by atoms with Crippen LogP contribution in [0.4, 0.5) is 0 Å². The monoisotopic (exact) mass is 376 g/mol. The lowest BCUT2D eigenvalue weighted by Gasteiger charge is -2.34. The number of para-hydroxylation sites is 1. The molecule has 0 aliphatic carbocycles. The standard InChI is InChI=1S/C22H24N4O2/c27-21(14-17-6-2-1-3-7-17)18-10-12-25(13-11-18)22(28)19-8-4-5-9-20(19)26-16-23-15-24-26/h1-9,15-16,18,21,27H,10-14H2/t21-/m1/s1. The van der Waals surface area contributed by atoms with Crippen molar-refractivity contribution in [1.82, 2.24) is 19.7 Å². The number of aromatic nitrogens is 3. The number of likely N-dealkylation sites (tertiary alicyclic amines) is 1. The van der Waals surface area contributed by atoms with E-state index in [-0.39, 0.29) is 17.9 Å². The van der Waals surface area contributed by atoms with Gasteiger partial charge in [0.05, 0.1) is 17.4 Å². The van der Waals surface area contributed by atoms with Crippen molar-refractivity contribution in [2.24, 2.45) is 5.92 Å². The van der Waals surface area contributed by atoms with Gasteiger partial charge in [-0.3, -0.25) is 4.79 Å². The molecule has 28 heavy (non-hydrogen) atoms. The van der Waals surface area contributed by atoms with Crippen LogP contribution in [0.15, 0.2) is 67.3 Å². The number of rotatable bonds is 5. The van der Waals surface area contributed by atoms with Crippen LogP contribution in [-0.2, 0) is 6.42 Å². The van der Waals surface area contributed by atoms with Crippen LogP contribution in [-0.4, -0.2) is 49.9 Å². The van der Waals surface area contributed by atoms with Crippen LogP contribution >= 0.6 is 0 Å². The number of piperidine rings is 1. The highest BCUT2D eigenvalue weighted by molar-refractivity contribution is 5.97. The number of carbonyl (C=O) groups is 1. The predicted molar refractivity (Wildman–Crippen MR) is 106 cm³/mol. The number of hydrogen-bond donors (Lipinski definition) is 1. The first-order valence-corrected chi connectivity index (χ1v) is 9.67. The van der Waals surface area contributed by atoms with Crippen molar-refractivity contribution in [1.29, 1.82) is 0 Å². The van der Waals surface area contributed by atoms with Crippen molar-refractivity contribution in [3.8, 4) is 5.69 Å². The van der Waals surface area contributed by atoms with Crippen LogP contribution in [0.3, 0.4) is 0 Å². The number of hydrogen-bond acceptors (Lipinski definition) is 4. The summed E-state index contributed by atoms with van der Waals surface area (Å²) in [5.41, 5.74) is 2.50. The van der Waals surface area contributed by atoms with Gasteiger partial charge in [0.25, 0.3) is 5.91 Å². The van der Waals surface area contributed by atoms with Gasteiger partial charge in [0, 0.05) is 13.1 Å². The molecule has 4 rings (SSSR count). The fourth-order valence-corrected chi connectivity index (χ4v) is 3.87. The lowest BCUT2D eigenvalue weighted by molar-refractivity contribution is 0.0467. The molecule has 1 amide bonds. The Balaban J connectivity index is 1.40. The number of nitrogens with zero attached hydrogens (tertiary/aromatic N) is 4. The first-order valence-electron chi connectivity index (χ1n) is 9.67. The molecule has 1 atom stereocenters. The summed E-state index contributed by atoms with van der Waals surface area (Å²) >= 11 is 0. The number of benzene rings is 2. The van der Waals surface area contributed by atoms with Gasteiger partial charge in [0.2, 0.25) is 0 Å². The van der Waals surface area contributed by atoms with Crippen molar-refractivity contribution < 1.29 is 9.90 Å². The molecule has 0 radical (unpaired) electrons. The topological polar surface area (TPSA) is 71.2 Å². The van der Waals surface area contributed by atoms with E-state index < -0.39 is 0 Å². The summed E-state index contributed by atoms with van der Waals surface area (Å²) in [7, 11) is 0. The first kappa shape index (κ1) is 18.4. The molecule has 1 aliphatic rings. The number of carbonyl (C=O) groups excluding carboxylic acids is 1. The molecular weight excluding hydrogens is 352 g/mol. The van der Waals surface area contributed by atoms with E-state index in [0.29, 0.717) is 25.1 Å². The Morgan fingerprint density at radius 2 is 1.79 bits per heavy atom. The van der Waals surface area contributed by atoms with Crippen molar-refractivity contribution >= 4 is 5.91 Å². The van der Waals surface area contributed by atoms with Gasteiger partial charge < -0.3 is 10.0 Å². The van der Waals surface area contributed by atoms with Crippen LogP contribution in [0.5, 0.6) is 0 Å². The summed E-state index contributed by atoms with van der Waals surface area (Å²) in [6, 6.07) is 17.5. The van der Waals surface area contributed by atoms with Gasteiger partial charge in [-0.25, -0.2) is 9.67 Å². The molecule has 2 heterocycles. The molecule has 3 aromatic rings. The molecule has 6 heteroatoms. The third kappa shape index (κ3) is 3.97. The van der Waals surface area contributed by atoms with Crippen LogP contribution in [0, 0.1) is 5.92 Å². The average molecular weight is 376 g/mol. The van der Waals surface area contributed by atoms with Gasteiger partial charge in [0.1, 0.15) is 12.7 Å². The molecule has 144 valence electrons. The highest BCUT2D eigenvalue weighted by Crippen LogP contribution is 2.25. The molecule has 1 aromatic heterocycles. The zero-order valence-electron chi connectivity index (χ0n) is 15.7. The summed E-state index contributed by atoms with van der Waals surface area (Å²) < 4.78 is 1.61. The Labute approximate surface area is 164 Å². The molecule has 0 bridgehead atoms. The molecule has 1 fully saturated rings. The second-order valence-electron chi connectivity index (χ2n) is 7.24. The van der Waals surface area contributed by atoms with E-state index in [4.69, 9.17) is 0 Å². The summed E-state index contributed by atoms with van der Waals surface area (Å²) in [6.45, 7) is 1.31. The van der Waals surface area contributed by atoms with Crippen LogP contribution in [0.2, 0.25) is 0 Å². The Morgan fingerprint density at radius 1 is 1.07 bits per heavy atom. The average Bonchev–Trinajstić information content (AvgIpc) is 3.29. The molecule has 1 aliphatic heterocycles. The zero-order valence-corrected chi connectivity index (χ0v) is 15.7. The predicted octanol–water partition coefficient (Wildman–Crippen LogP) is 2.72. The quantitative estimate of drug-likeness (QED) is 0.743. The second-order valence-corrected chi connectivity index (χ2v) is 7.24. The highest BCUT2D eigenvalue weighted by Gasteiger charge is 2.29. The van der Waals surface area contributed by atoms with E-state index in [9.17, 15) is 9.90 Å². The summed E-state index contributed by atoms with van der Waals surface area (Å²) in [6.07, 6.45) is 4.96. The smallest absolute Gasteiger partial charge is 0.256 e. The van der Waals surface area contributed by atoms with E-state index in [1.807, 2.05) is 59.5 Å². The summed E-state index contributed by atoms with van der Waals surface area (Å²) in [4.78, 5) is 18.9. The SMILES string of the molecule is O=C(c1ccccc1-n1cncn1)N1CCC([C@H](O)Cc2ccccc2)CC1. The molecule has 1 saturated heterocycles. The minimum absolute atomic E-state index is 0.00194. The minimum atomic E-state index is -0.373. The molecule has 0 saturated carbocycles. The summed E-state index contributed by atoms with van der Waals surface area (Å²) in [5, 5.41) is 14.8. The molecule has 0 unspecified atom stereocenters. The minimum Gasteiger partial charge on any atom is -0.392 e. The normalized spacial score (nSPS) is 16.1. The van der Waals surface area contributed by atoms with E-state index >= 15 is 0 Å². The highest BCUT2D eigenvalue weighted by atomic mass is 16.3. The van der Waals surface area contributed by atoms with Gasteiger partial charge in [-0.05, 0) is 42.9 Å².